The van der Waals surface area contributed by atoms with Crippen molar-refractivity contribution in [1.82, 2.24) is 0 Å². The van der Waals surface area contributed by atoms with Crippen LogP contribution in [-0.2, 0) is 9.47 Å². The van der Waals surface area contributed by atoms with Crippen LogP contribution in [0.5, 0.6) is 0 Å². The summed E-state index contributed by atoms with van der Waals surface area (Å²) in [5.74, 6) is 0. The second kappa shape index (κ2) is 5.93. The average Bonchev–Trinajstić information content (AvgIpc) is 2.23. The van der Waals surface area contributed by atoms with E-state index in [0.717, 1.165) is 12.8 Å². The molecule has 0 aromatic heterocycles. The van der Waals surface area contributed by atoms with Gasteiger partial charge in [-0.25, -0.2) is 0 Å². The van der Waals surface area contributed by atoms with E-state index < -0.39 is 30.7 Å². The summed E-state index contributed by atoms with van der Waals surface area (Å²) in [6, 6.07) is 0. The van der Waals surface area contributed by atoms with E-state index in [1.807, 2.05) is 13.8 Å². The summed E-state index contributed by atoms with van der Waals surface area (Å²) in [6.07, 6.45) is -3.11. The number of hydrogen-bond donors (Lipinski definition) is 3. The standard InChI is InChI=1S/C11H22O5/c1-4-5-6(2)15-11-10(14)9(13)8(12)7(3)16-11/h6-14H,4-5H2,1-3H3/t6-,7-,8-,9+,10+,11+/m0/s1. The summed E-state index contributed by atoms with van der Waals surface area (Å²) < 4.78 is 10.8. The maximum absolute atomic E-state index is 9.68. The smallest absolute Gasteiger partial charge is 0.186 e. The second-order valence-corrected chi connectivity index (χ2v) is 4.42. The Morgan fingerprint density at radius 1 is 1.19 bits per heavy atom. The third-order valence-corrected chi connectivity index (χ3v) is 2.87. The van der Waals surface area contributed by atoms with Crippen LogP contribution < -0.4 is 0 Å². The van der Waals surface area contributed by atoms with Crippen LogP contribution in [-0.4, -0.2) is 52.1 Å². The van der Waals surface area contributed by atoms with Crippen molar-refractivity contribution in [2.45, 2.75) is 70.4 Å². The highest BCUT2D eigenvalue weighted by molar-refractivity contribution is 4.87. The number of hydrogen-bond acceptors (Lipinski definition) is 5. The molecule has 96 valence electrons. The lowest BCUT2D eigenvalue weighted by Crippen LogP contribution is -2.57. The zero-order valence-corrected chi connectivity index (χ0v) is 10.0. The second-order valence-electron chi connectivity index (χ2n) is 4.42. The zero-order valence-electron chi connectivity index (χ0n) is 10.0. The van der Waals surface area contributed by atoms with Crippen LogP contribution >= 0.6 is 0 Å². The van der Waals surface area contributed by atoms with Crippen LogP contribution in [0, 0.1) is 0 Å². The van der Waals surface area contributed by atoms with Crippen molar-refractivity contribution < 1.29 is 24.8 Å². The lowest BCUT2D eigenvalue weighted by atomic mass is 10.00. The molecule has 6 atom stereocenters. The quantitative estimate of drug-likeness (QED) is 0.639. The van der Waals surface area contributed by atoms with E-state index in [0.29, 0.717) is 0 Å². The largest absolute Gasteiger partial charge is 0.388 e. The summed E-state index contributed by atoms with van der Waals surface area (Å²) in [5, 5.41) is 28.7. The minimum absolute atomic E-state index is 0.0423. The minimum Gasteiger partial charge on any atom is -0.388 e. The molecule has 5 nitrogen and oxygen atoms in total. The van der Waals surface area contributed by atoms with E-state index in [1.165, 1.54) is 0 Å². The summed E-state index contributed by atoms with van der Waals surface area (Å²) >= 11 is 0. The van der Waals surface area contributed by atoms with Crippen LogP contribution in [0.4, 0.5) is 0 Å². The van der Waals surface area contributed by atoms with Crippen molar-refractivity contribution in [3.63, 3.8) is 0 Å². The highest BCUT2D eigenvalue weighted by atomic mass is 16.7. The molecular formula is C11H22O5. The van der Waals surface area contributed by atoms with Gasteiger partial charge in [0.05, 0.1) is 12.2 Å². The van der Waals surface area contributed by atoms with Gasteiger partial charge in [0.25, 0.3) is 0 Å². The number of rotatable bonds is 4. The molecule has 0 saturated carbocycles. The molecule has 0 aromatic rings. The topological polar surface area (TPSA) is 79.2 Å². The van der Waals surface area contributed by atoms with Crippen LogP contribution in [0.25, 0.3) is 0 Å². The van der Waals surface area contributed by atoms with Gasteiger partial charge in [0.1, 0.15) is 18.3 Å². The first-order chi connectivity index (χ1) is 7.47. The molecule has 0 aliphatic carbocycles. The van der Waals surface area contributed by atoms with Gasteiger partial charge in [0, 0.05) is 0 Å². The Morgan fingerprint density at radius 3 is 2.38 bits per heavy atom. The Hall–Kier alpha value is -0.200. The highest BCUT2D eigenvalue weighted by Gasteiger charge is 2.42. The van der Waals surface area contributed by atoms with E-state index in [2.05, 4.69) is 0 Å². The summed E-state index contributed by atoms with van der Waals surface area (Å²) in [4.78, 5) is 0. The van der Waals surface area contributed by atoms with Crippen LogP contribution in [0.2, 0.25) is 0 Å². The Morgan fingerprint density at radius 2 is 1.81 bits per heavy atom. The number of aliphatic hydroxyl groups is 3. The van der Waals surface area contributed by atoms with Gasteiger partial charge in [-0.15, -0.1) is 0 Å². The van der Waals surface area contributed by atoms with Crippen molar-refractivity contribution in [3.8, 4) is 0 Å². The van der Waals surface area contributed by atoms with E-state index >= 15 is 0 Å². The summed E-state index contributed by atoms with van der Waals surface area (Å²) in [6.45, 7) is 5.57. The molecule has 1 aliphatic heterocycles. The molecule has 0 spiro atoms. The third-order valence-electron chi connectivity index (χ3n) is 2.87. The van der Waals surface area contributed by atoms with Crippen molar-refractivity contribution in [2.24, 2.45) is 0 Å². The molecule has 16 heavy (non-hydrogen) atoms. The molecule has 0 bridgehead atoms. The molecule has 1 heterocycles. The monoisotopic (exact) mass is 234 g/mol. The zero-order chi connectivity index (χ0) is 12.3. The highest BCUT2D eigenvalue weighted by Crippen LogP contribution is 2.23. The first kappa shape index (κ1) is 13.9. The van der Waals surface area contributed by atoms with Gasteiger partial charge < -0.3 is 24.8 Å². The molecule has 5 heteroatoms. The van der Waals surface area contributed by atoms with Gasteiger partial charge in [-0.05, 0) is 20.3 Å². The lowest BCUT2D eigenvalue weighted by Gasteiger charge is -2.39. The lowest BCUT2D eigenvalue weighted by molar-refractivity contribution is -0.302. The van der Waals surface area contributed by atoms with E-state index in [9.17, 15) is 15.3 Å². The Balaban J connectivity index is 2.53. The third kappa shape index (κ3) is 3.15. The maximum atomic E-state index is 9.68. The van der Waals surface area contributed by atoms with Gasteiger partial charge in [0.2, 0.25) is 0 Å². The molecule has 1 rings (SSSR count). The van der Waals surface area contributed by atoms with Crippen LogP contribution in [0.1, 0.15) is 33.6 Å². The SMILES string of the molecule is CCC[C@H](C)O[C@@H]1O[C@@H](C)[C@H](O)[C@@H](O)[C@H]1O. The maximum Gasteiger partial charge on any atom is 0.186 e. The first-order valence-electron chi connectivity index (χ1n) is 5.82. The molecule has 0 amide bonds. The summed E-state index contributed by atoms with van der Waals surface area (Å²) in [7, 11) is 0. The van der Waals surface area contributed by atoms with Gasteiger partial charge >= 0.3 is 0 Å². The predicted octanol–water partition coefficient (Wildman–Crippen LogP) is 0.0191. The van der Waals surface area contributed by atoms with Crippen LogP contribution in [0.3, 0.4) is 0 Å². The minimum atomic E-state index is -1.22. The first-order valence-corrected chi connectivity index (χ1v) is 5.82. The van der Waals surface area contributed by atoms with E-state index in [1.54, 1.807) is 6.92 Å². The van der Waals surface area contributed by atoms with Gasteiger partial charge in [-0.1, -0.05) is 13.3 Å². The molecule has 0 aromatic carbocycles. The Labute approximate surface area is 96.0 Å². The molecular weight excluding hydrogens is 212 g/mol. The fraction of sp³-hybridized carbons (Fsp3) is 1.00. The van der Waals surface area contributed by atoms with Gasteiger partial charge in [-0.2, -0.15) is 0 Å². The number of aliphatic hydroxyl groups excluding tert-OH is 3. The van der Waals surface area contributed by atoms with Crippen LogP contribution in [0.15, 0.2) is 0 Å². The van der Waals surface area contributed by atoms with E-state index in [4.69, 9.17) is 9.47 Å². The average molecular weight is 234 g/mol. The van der Waals surface area contributed by atoms with E-state index in [-0.39, 0.29) is 6.10 Å². The normalized spacial score (nSPS) is 42.0. The predicted molar refractivity (Wildman–Crippen MR) is 57.8 cm³/mol. The molecule has 1 aliphatic rings. The Kier molecular flexibility index (Phi) is 5.14. The molecule has 0 radical (unpaired) electrons. The fourth-order valence-corrected chi connectivity index (χ4v) is 1.83. The number of ether oxygens (including phenoxy) is 2. The molecule has 1 saturated heterocycles. The van der Waals surface area contributed by atoms with Crippen molar-refractivity contribution >= 4 is 0 Å². The Bertz CT molecular complexity index is 211. The molecule has 3 N–H and O–H groups in total. The fourth-order valence-electron chi connectivity index (χ4n) is 1.83. The van der Waals surface area contributed by atoms with Gasteiger partial charge in [0.15, 0.2) is 6.29 Å². The van der Waals surface area contributed by atoms with Crippen molar-refractivity contribution in [2.75, 3.05) is 0 Å². The van der Waals surface area contributed by atoms with Crippen molar-refractivity contribution in [1.29, 1.82) is 0 Å². The molecule has 1 fully saturated rings. The van der Waals surface area contributed by atoms with Gasteiger partial charge in [-0.3, -0.25) is 0 Å². The molecule has 0 unspecified atom stereocenters. The van der Waals surface area contributed by atoms with Crippen molar-refractivity contribution in [3.05, 3.63) is 0 Å². The summed E-state index contributed by atoms with van der Waals surface area (Å²) in [5.41, 5.74) is 0.